The summed E-state index contributed by atoms with van der Waals surface area (Å²) in [7, 11) is 3.55. The highest BCUT2D eigenvalue weighted by atomic mass is 16.5. The Morgan fingerprint density at radius 1 is 1.14 bits per heavy atom. The van der Waals surface area contributed by atoms with Crippen molar-refractivity contribution >= 4 is 17.9 Å². The summed E-state index contributed by atoms with van der Waals surface area (Å²) in [4.78, 5) is 36.8. The number of ether oxygens (including phenoxy) is 2. The van der Waals surface area contributed by atoms with Crippen LogP contribution in [0.15, 0.2) is 49.1 Å². The molecule has 0 unspecified atom stereocenters. The van der Waals surface area contributed by atoms with Gasteiger partial charge < -0.3 is 14.4 Å². The first-order valence-electron chi connectivity index (χ1n) is 11.5. The average Bonchev–Trinajstić information content (AvgIpc) is 3.36. The minimum absolute atomic E-state index is 0.0831. The zero-order valence-corrected chi connectivity index (χ0v) is 19.7. The number of carbonyl (C=O) groups is 2. The first kappa shape index (κ1) is 22.8. The number of amides is 4. The number of urea groups is 2. The van der Waals surface area contributed by atoms with Gasteiger partial charge in [0.05, 0.1) is 23.7 Å². The second-order valence-electron chi connectivity index (χ2n) is 8.75. The maximum atomic E-state index is 12.7. The fraction of sp³-hybridized carbons (Fsp3) is 0.375. The van der Waals surface area contributed by atoms with E-state index in [-0.39, 0.29) is 11.6 Å². The van der Waals surface area contributed by atoms with E-state index in [0.717, 1.165) is 30.5 Å². The normalized spacial score (nSPS) is 16.5. The number of nitrogens with one attached hydrogen (secondary N) is 1. The van der Waals surface area contributed by atoms with Crippen LogP contribution in [0, 0.1) is 0 Å². The minimum Gasteiger partial charge on any atom is -0.456 e. The molecule has 182 valence electrons. The number of hydrogen-bond acceptors (Lipinski definition) is 7. The standard InChI is InChI=1S/C24H27N7O4/c1-29-16-17(14-27-29)20-13-18(5-9-25-20)35-19-3-4-21(26-15-19)28-22(32)31-12-11-30(23(31)33)10-8-24(34-2)6-7-24/h3-5,9,13-16H,6-8,10-12H2,1-2H3,(H,26,28,32). The Labute approximate surface area is 202 Å². The number of anilines is 1. The molecule has 4 heterocycles. The largest absolute Gasteiger partial charge is 0.456 e. The van der Waals surface area contributed by atoms with Gasteiger partial charge in [0.1, 0.15) is 17.3 Å². The Kier molecular flexibility index (Phi) is 6.08. The quantitative estimate of drug-likeness (QED) is 0.528. The van der Waals surface area contributed by atoms with Gasteiger partial charge >= 0.3 is 12.1 Å². The fourth-order valence-corrected chi connectivity index (χ4v) is 4.03. The third-order valence-corrected chi connectivity index (χ3v) is 6.36. The van der Waals surface area contributed by atoms with Gasteiger partial charge in [-0.15, -0.1) is 0 Å². The lowest BCUT2D eigenvalue weighted by Gasteiger charge is -2.20. The Morgan fingerprint density at radius 2 is 2.00 bits per heavy atom. The second kappa shape index (κ2) is 9.34. The monoisotopic (exact) mass is 477 g/mol. The van der Waals surface area contributed by atoms with Gasteiger partial charge in [-0.2, -0.15) is 5.10 Å². The van der Waals surface area contributed by atoms with Gasteiger partial charge in [-0.25, -0.2) is 19.5 Å². The number of carbonyl (C=O) groups excluding carboxylic acids is 2. The minimum atomic E-state index is -0.498. The number of pyridine rings is 2. The van der Waals surface area contributed by atoms with E-state index >= 15 is 0 Å². The van der Waals surface area contributed by atoms with Crippen LogP contribution < -0.4 is 10.1 Å². The molecule has 5 rings (SSSR count). The lowest BCUT2D eigenvalue weighted by Crippen LogP contribution is -2.39. The van der Waals surface area contributed by atoms with E-state index in [4.69, 9.17) is 9.47 Å². The maximum absolute atomic E-state index is 12.7. The molecule has 4 amide bonds. The molecular formula is C24H27N7O4. The first-order valence-corrected chi connectivity index (χ1v) is 11.5. The molecule has 0 bridgehead atoms. The van der Waals surface area contributed by atoms with Crippen molar-refractivity contribution < 1.29 is 19.1 Å². The molecule has 1 aliphatic carbocycles. The van der Waals surface area contributed by atoms with Crippen molar-refractivity contribution in [2.24, 2.45) is 7.05 Å². The van der Waals surface area contributed by atoms with E-state index in [9.17, 15) is 9.59 Å². The van der Waals surface area contributed by atoms with Crippen molar-refractivity contribution in [2.75, 3.05) is 32.1 Å². The van der Waals surface area contributed by atoms with Crippen LogP contribution in [0.3, 0.4) is 0 Å². The Balaban J connectivity index is 1.15. The maximum Gasteiger partial charge on any atom is 0.331 e. The smallest absolute Gasteiger partial charge is 0.331 e. The van der Waals surface area contributed by atoms with E-state index in [2.05, 4.69) is 20.4 Å². The van der Waals surface area contributed by atoms with Gasteiger partial charge in [0.2, 0.25) is 0 Å². The number of imide groups is 1. The number of rotatable bonds is 8. The Hall–Kier alpha value is -3.99. The van der Waals surface area contributed by atoms with E-state index in [1.807, 2.05) is 19.3 Å². The van der Waals surface area contributed by atoms with Crippen LogP contribution >= 0.6 is 0 Å². The summed E-state index contributed by atoms with van der Waals surface area (Å²) in [6.45, 7) is 1.44. The summed E-state index contributed by atoms with van der Waals surface area (Å²) < 4.78 is 13.1. The van der Waals surface area contributed by atoms with Crippen molar-refractivity contribution in [2.45, 2.75) is 24.9 Å². The molecule has 11 heteroatoms. The average molecular weight is 478 g/mol. The molecule has 3 aromatic heterocycles. The van der Waals surface area contributed by atoms with Crippen molar-refractivity contribution in [1.29, 1.82) is 0 Å². The molecule has 1 aliphatic heterocycles. The van der Waals surface area contributed by atoms with Crippen molar-refractivity contribution in [1.82, 2.24) is 29.5 Å². The van der Waals surface area contributed by atoms with Crippen molar-refractivity contribution in [3.8, 4) is 22.8 Å². The van der Waals surface area contributed by atoms with Crippen LogP contribution in [0.2, 0.25) is 0 Å². The number of aryl methyl sites for hydroxylation is 1. The molecule has 35 heavy (non-hydrogen) atoms. The predicted molar refractivity (Wildman–Crippen MR) is 127 cm³/mol. The van der Waals surface area contributed by atoms with Crippen LogP contribution in [0.4, 0.5) is 15.4 Å². The van der Waals surface area contributed by atoms with E-state index in [1.54, 1.807) is 47.3 Å². The lowest BCUT2D eigenvalue weighted by atomic mass is 10.2. The molecule has 0 aromatic carbocycles. The first-order chi connectivity index (χ1) is 16.9. The summed E-state index contributed by atoms with van der Waals surface area (Å²) in [6.07, 6.45) is 9.61. The molecule has 2 aliphatic rings. The lowest BCUT2D eigenvalue weighted by molar-refractivity contribution is 0.0664. The van der Waals surface area contributed by atoms with E-state index in [1.165, 1.54) is 11.1 Å². The van der Waals surface area contributed by atoms with Gasteiger partial charge in [0, 0.05) is 57.8 Å². The van der Waals surface area contributed by atoms with Gasteiger partial charge in [0.25, 0.3) is 0 Å². The molecule has 0 spiro atoms. The highest BCUT2D eigenvalue weighted by molar-refractivity contribution is 6.01. The molecule has 1 N–H and O–H groups in total. The zero-order valence-electron chi connectivity index (χ0n) is 19.7. The highest BCUT2D eigenvalue weighted by Crippen LogP contribution is 2.42. The third kappa shape index (κ3) is 5.09. The summed E-state index contributed by atoms with van der Waals surface area (Å²) >= 11 is 0. The molecule has 1 saturated carbocycles. The predicted octanol–water partition coefficient (Wildman–Crippen LogP) is 3.51. The molecule has 0 atom stereocenters. The van der Waals surface area contributed by atoms with Gasteiger partial charge in [-0.3, -0.25) is 15.0 Å². The SMILES string of the molecule is COC1(CCN2CCN(C(=O)Nc3ccc(Oc4ccnc(-c5cnn(C)c5)c4)cn3)C2=O)CC1. The van der Waals surface area contributed by atoms with E-state index < -0.39 is 6.03 Å². The second-order valence-corrected chi connectivity index (χ2v) is 8.75. The number of nitrogens with zero attached hydrogens (tertiary/aromatic N) is 6. The molecule has 3 aromatic rings. The molecule has 11 nitrogen and oxygen atoms in total. The number of methoxy groups -OCH3 is 1. The zero-order chi connectivity index (χ0) is 24.4. The third-order valence-electron chi connectivity index (χ3n) is 6.36. The Bertz CT molecular complexity index is 1220. The van der Waals surface area contributed by atoms with Crippen molar-refractivity contribution in [3.63, 3.8) is 0 Å². The topological polar surface area (TPSA) is 115 Å². The van der Waals surface area contributed by atoms with Gasteiger partial charge in [-0.1, -0.05) is 0 Å². The summed E-state index contributed by atoms with van der Waals surface area (Å²) in [6, 6.07) is 6.10. The molecule has 2 fully saturated rings. The fourth-order valence-electron chi connectivity index (χ4n) is 4.03. The van der Waals surface area contributed by atoms with E-state index in [0.29, 0.717) is 37.0 Å². The molecular weight excluding hydrogens is 450 g/mol. The number of aromatic nitrogens is 4. The summed E-state index contributed by atoms with van der Waals surface area (Å²) in [5, 5.41) is 6.84. The molecule has 0 radical (unpaired) electrons. The highest BCUT2D eigenvalue weighted by Gasteiger charge is 2.44. The van der Waals surface area contributed by atoms with Gasteiger partial charge in [0.15, 0.2) is 0 Å². The summed E-state index contributed by atoms with van der Waals surface area (Å²) in [5.41, 5.74) is 1.54. The Morgan fingerprint density at radius 3 is 2.69 bits per heavy atom. The van der Waals surface area contributed by atoms with Crippen molar-refractivity contribution in [3.05, 3.63) is 49.1 Å². The number of hydrogen-bond donors (Lipinski definition) is 1. The van der Waals surface area contributed by atoms with Crippen LogP contribution in [-0.2, 0) is 11.8 Å². The van der Waals surface area contributed by atoms with Crippen LogP contribution in [-0.4, -0.2) is 74.0 Å². The van der Waals surface area contributed by atoms with Crippen LogP contribution in [0.1, 0.15) is 19.3 Å². The van der Waals surface area contributed by atoms with Crippen LogP contribution in [0.25, 0.3) is 11.3 Å². The van der Waals surface area contributed by atoms with Gasteiger partial charge in [-0.05, 0) is 37.5 Å². The molecule has 1 saturated heterocycles. The summed E-state index contributed by atoms with van der Waals surface area (Å²) in [5.74, 6) is 1.43. The van der Waals surface area contributed by atoms with Crippen LogP contribution in [0.5, 0.6) is 11.5 Å².